The van der Waals surface area contributed by atoms with Gasteiger partial charge in [0, 0.05) is 37.1 Å². The zero-order chi connectivity index (χ0) is 24.3. The van der Waals surface area contributed by atoms with Crippen LogP contribution in [0.4, 0.5) is 24.9 Å². The largest absolute Gasteiger partial charge is 0.573 e. The Kier molecular flexibility index (Phi) is 6.76. The molecular weight excluding hydrogens is 447 g/mol. The summed E-state index contributed by atoms with van der Waals surface area (Å²) in [5.41, 5.74) is 1.16. The van der Waals surface area contributed by atoms with E-state index in [2.05, 4.69) is 25.3 Å². The maximum atomic E-state index is 12.5. The van der Waals surface area contributed by atoms with E-state index in [0.717, 1.165) is 54.5 Å². The highest BCUT2D eigenvalue weighted by Gasteiger charge is 2.31. The number of anilines is 2. The van der Waals surface area contributed by atoms with Gasteiger partial charge in [0.2, 0.25) is 5.95 Å². The quantitative estimate of drug-likeness (QED) is 0.538. The van der Waals surface area contributed by atoms with Crippen molar-refractivity contribution in [1.82, 2.24) is 15.3 Å². The molecule has 1 aliphatic rings. The van der Waals surface area contributed by atoms with Crippen molar-refractivity contribution in [2.45, 2.75) is 44.1 Å². The molecular formula is C24H26F3N5O2. The van der Waals surface area contributed by atoms with Gasteiger partial charge in [-0.15, -0.1) is 13.2 Å². The summed E-state index contributed by atoms with van der Waals surface area (Å²) in [7, 11) is 3.90. The molecule has 0 aliphatic heterocycles. The van der Waals surface area contributed by atoms with Crippen molar-refractivity contribution in [3.63, 3.8) is 0 Å². The average molecular weight is 473 g/mol. The second-order valence-corrected chi connectivity index (χ2v) is 8.52. The van der Waals surface area contributed by atoms with Crippen molar-refractivity contribution in [3.8, 4) is 5.75 Å². The summed E-state index contributed by atoms with van der Waals surface area (Å²) in [5, 5.41) is 7.39. The van der Waals surface area contributed by atoms with Crippen molar-refractivity contribution in [2.24, 2.45) is 0 Å². The minimum atomic E-state index is -4.76. The second kappa shape index (κ2) is 9.74. The third-order valence-corrected chi connectivity index (χ3v) is 5.75. The number of hydrogen-bond donors (Lipinski definition) is 2. The summed E-state index contributed by atoms with van der Waals surface area (Å²) in [4.78, 5) is 23.8. The lowest BCUT2D eigenvalue weighted by molar-refractivity contribution is -0.274. The van der Waals surface area contributed by atoms with E-state index in [1.165, 1.54) is 12.1 Å². The molecule has 0 radical (unpaired) electrons. The Morgan fingerprint density at radius 3 is 2.26 bits per heavy atom. The fourth-order valence-electron chi connectivity index (χ4n) is 4.11. The number of amides is 1. The zero-order valence-corrected chi connectivity index (χ0v) is 18.9. The predicted molar refractivity (Wildman–Crippen MR) is 124 cm³/mol. The Morgan fingerprint density at radius 2 is 1.62 bits per heavy atom. The van der Waals surface area contributed by atoms with Crippen molar-refractivity contribution >= 4 is 28.6 Å². The predicted octanol–water partition coefficient (Wildman–Crippen LogP) is 4.75. The molecule has 0 spiro atoms. The summed E-state index contributed by atoms with van der Waals surface area (Å²) >= 11 is 0. The van der Waals surface area contributed by atoms with Gasteiger partial charge in [0.15, 0.2) is 0 Å². The molecule has 1 amide bonds. The Balaban J connectivity index is 1.32. The Labute approximate surface area is 195 Å². The van der Waals surface area contributed by atoms with Gasteiger partial charge in [-0.1, -0.05) is 12.1 Å². The monoisotopic (exact) mass is 473 g/mol. The van der Waals surface area contributed by atoms with Gasteiger partial charge in [-0.05, 0) is 62.1 Å². The molecule has 3 aromatic rings. The lowest BCUT2D eigenvalue weighted by atomic mass is 9.91. The number of alkyl halides is 3. The maximum absolute atomic E-state index is 12.5. The van der Waals surface area contributed by atoms with Crippen LogP contribution in [0.5, 0.6) is 5.75 Å². The molecule has 34 heavy (non-hydrogen) atoms. The van der Waals surface area contributed by atoms with Crippen LogP contribution in [0.15, 0.2) is 48.5 Å². The molecule has 0 unspecified atom stereocenters. The van der Waals surface area contributed by atoms with Gasteiger partial charge in [-0.2, -0.15) is 4.98 Å². The van der Waals surface area contributed by atoms with Crippen LogP contribution in [-0.2, 0) is 0 Å². The lowest BCUT2D eigenvalue weighted by Gasteiger charge is -2.30. The SMILES string of the molecule is CN(C)c1nc(N[C@H]2CC[C@@H](NC(=O)c3ccc(OC(F)(F)F)cc3)CC2)nc2ccccc12. The zero-order valence-electron chi connectivity index (χ0n) is 18.9. The second-order valence-electron chi connectivity index (χ2n) is 8.52. The van der Waals surface area contributed by atoms with Gasteiger partial charge >= 0.3 is 6.36 Å². The van der Waals surface area contributed by atoms with E-state index < -0.39 is 6.36 Å². The summed E-state index contributed by atoms with van der Waals surface area (Å²) in [6, 6.07) is 13.0. The number of carbonyl (C=O) groups is 1. The standard InChI is InChI=1S/C24H26F3N5O2/c1-32(2)21-19-5-3-4-6-20(19)30-23(31-21)29-17-11-9-16(10-12-17)28-22(33)15-7-13-18(14-8-15)34-24(25,26)27/h3-8,13-14,16-17H,9-12H2,1-2H3,(H,28,33)(H,29,30,31)/t16-,17+. The number of nitrogens with one attached hydrogen (secondary N) is 2. The summed E-state index contributed by atoms with van der Waals surface area (Å²) in [5.74, 6) is 0.754. The Hall–Kier alpha value is -3.56. The fraction of sp³-hybridized carbons (Fsp3) is 0.375. The van der Waals surface area contributed by atoms with Gasteiger partial charge in [0.05, 0.1) is 5.52 Å². The number of para-hydroxylation sites is 1. The number of halogens is 3. The van der Waals surface area contributed by atoms with Crippen LogP contribution in [-0.4, -0.2) is 48.4 Å². The molecule has 1 saturated carbocycles. The molecule has 180 valence electrons. The highest BCUT2D eigenvalue weighted by molar-refractivity contribution is 5.94. The Bertz CT molecular complexity index is 1140. The van der Waals surface area contributed by atoms with Crippen molar-refractivity contribution in [1.29, 1.82) is 0 Å². The van der Waals surface area contributed by atoms with Crippen LogP contribution in [0.2, 0.25) is 0 Å². The maximum Gasteiger partial charge on any atom is 0.573 e. The number of hydrogen-bond acceptors (Lipinski definition) is 6. The first-order chi connectivity index (χ1) is 16.2. The van der Waals surface area contributed by atoms with Gasteiger partial charge in [0.1, 0.15) is 11.6 Å². The molecule has 0 bridgehead atoms. The van der Waals surface area contributed by atoms with E-state index in [-0.39, 0.29) is 29.3 Å². The third-order valence-electron chi connectivity index (χ3n) is 5.75. The van der Waals surface area contributed by atoms with Crippen LogP contribution in [0.25, 0.3) is 10.9 Å². The normalized spacial score (nSPS) is 18.4. The average Bonchev–Trinajstić information content (AvgIpc) is 2.79. The van der Waals surface area contributed by atoms with Crippen LogP contribution < -0.4 is 20.3 Å². The molecule has 1 fully saturated rings. The van der Waals surface area contributed by atoms with E-state index >= 15 is 0 Å². The molecule has 0 saturated heterocycles. The van der Waals surface area contributed by atoms with Gasteiger partial charge in [-0.3, -0.25) is 4.79 Å². The molecule has 1 aromatic heterocycles. The molecule has 7 nitrogen and oxygen atoms in total. The van der Waals surface area contributed by atoms with E-state index in [1.807, 2.05) is 43.3 Å². The summed E-state index contributed by atoms with van der Waals surface area (Å²) in [6.07, 6.45) is -1.56. The van der Waals surface area contributed by atoms with Crippen LogP contribution in [0.1, 0.15) is 36.0 Å². The molecule has 10 heteroatoms. The molecule has 0 atom stereocenters. The molecule has 2 N–H and O–H groups in total. The number of aromatic nitrogens is 2. The van der Waals surface area contributed by atoms with Crippen LogP contribution in [0, 0.1) is 0 Å². The minimum absolute atomic E-state index is 0.00786. The first-order valence-corrected chi connectivity index (χ1v) is 11.1. The number of nitrogens with zero attached hydrogens (tertiary/aromatic N) is 3. The van der Waals surface area contributed by atoms with E-state index in [0.29, 0.717) is 5.95 Å². The lowest BCUT2D eigenvalue weighted by Crippen LogP contribution is -2.40. The summed E-state index contributed by atoms with van der Waals surface area (Å²) in [6.45, 7) is 0. The number of fused-ring (bicyclic) bond motifs is 1. The minimum Gasteiger partial charge on any atom is -0.406 e. The van der Waals surface area contributed by atoms with Gasteiger partial charge < -0.3 is 20.3 Å². The van der Waals surface area contributed by atoms with E-state index in [4.69, 9.17) is 0 Å². The number of benzene rings is 2. The van der Waals surface area contributed by atoms with E-state index in [9.17, 15) is 18.0 Å². The molecule has 4 rings (SSSR count). The van der Waals surface area contributed by atoms with Crippen molar-refractivity contribution < 1.29 is 22.7 Å². The highest BCUT2D eigenvalue weighted by atomic mass is 19.4. The Morgan fingerprint density at radius 1 is 0.971 bits per heavy atom. The third kappa shape index (κ3) is 5.86. The van der Waals surface area contributed by atoms with Gasteiger partial charge in [0.25, 0.3) is 5.91 Å². The molecule has 1 aliphatic carbocycles. The van der Waals surface area contributed by atoms with Crippen LogP contribution >= 0.6 is 0 Å². The smallest absolute Gasteiger partial charge is 0.406 e. The first-order valence-electron chi connectivity index (χ1n) is 11.1. The van der Waals surface area contributed by atoms with Crippen molar-refractivity contribution in [3.05, 3.63) is 54.1 Å². The number of ether oxygens (including phenoxy) is 1. The number of carbonyl (C=O) groups excluding carboxylic acids is 1. The molecule has 1 heterocycles. The first kappa shape index (κ1) is 23.6. The summed E-state index contributed by atoms with van der Waals surface area (Å²) < 4.78 is 40.7. The highest BCUT2D eigenvalue weighted by Crippen LogP contribution is 2.27. The molecule has 2 aromatic carbocycles. The van der Waals surface area contributed by atoms with Crippen molar-refractivity contribution in [2.75, 3.05) is 24.3 Å². The topological polar surface area (TPSA) is 79.4 Å². The van der Waals surface area contributed by atoms with E-state index in [1.54, 1.807) is 0 Å². The fourth-order valence-corrected chi connectivity index (χ4v) is 4.11. The number of rotatable bonds is 6. The van der Waals surface area contributed by atoms with Gasteiger partial charge in [-0.25, -0.2) is 4.98 Å². The van der Waals surface area contributed by atoms with Crippen LogP contribution in [0.3, 0.4) is 0 Å².